The van der Waals surface area contributed by atoms with E-state index in [9.17, 15) is 4.39 Å². The lowest BCUT2D eigenvalue weighted by Gasteiger charge is -2.23. The third-order valence-electron chi connectivity index (χ3n) is 3.60. The van der Waals surface area contributed by atoms with Crippen LogP contribution < -0.4 is 10.6 Å². The van der Waals surface area contributed by atoms with Crippen LogP contribution in [-0.4, -0.2) is 13.6 Å². The van der Waals surface area contributed by atoms with Crippen molar-refractivity contribution < 1.29 is 4.39 Å². The predicted molar refractivity (Wildman–Crippen MR) is 82.4 cm³/mol. The fourth-order valence-corrected chi connectivity index (χ4v) is 2.32. The van der Waals surface area contributed by atoms with Crippen molar-refractivity contribution in [1.29, 1.82) is 0 Å². The van der Waals surface area contributed by atoms with Gasteiger partial charge in [0.15, 0.2) is 0 Å². The zero-order valence-electron chi connectivity index (χ0n) is 12.0. The number of halogens is 1. The fraction of sp³-hybridized carbons (Fsp3) is 0.294. The Hall–Kier alpha value is -1.87. The van der Waals surface area contributed by atoms with Crippen molar-refractivity contribution in [2.75, 3.05) is 18.5 Å². The second-order valence-corrected chi connectivity index (χ2v) is 5.15. The van der Waals surface area contributed by atoms with E-state index in [1.54, 1.807) is 12.1 Å². The van der Waals surface area contributed by atoms with Crippen LogP contribution in [0.25, 0.3) is 0 Å². The fourth-order valence-electron chi connectivity index (χ4n) is 2.32. The smallest absolute Gasteiger partial charge is 0.123 e. The quantitative estimate of drug-likeness (QED) is 0.900. The molecule has 2 nitrogen and oxygen atoms in total. The van der Waals surface area contributed by atoms with Crippen LogP contribution in [0.3, 0.4) is 0 Å². The molecule has 0 amide bonds. The molecular formula is C17H21FN2. The number of benzene rings is 2. The summed E-state index contributed by atoms with van der Waals surface area (Å²) in [4.78, 5) is 2.21. The van der Waals surface area contributed by atoms with E-state index in [-0.39, 0.29) is 11.9 Å². The third-order valence-corrected chi connectivity index (χ3v) is 3.60. The van der Waals surface area contributed by atoms with E-state index in [1.165, 1.54) is 23.4 Å². The van der Waals surface area contributed by atoms with Crippen LogP contribution in [-0.2, 0) is 0 Å². The number of hydrogen-bond donors (Lipinski definition) is 1. The highest BCUT2D eigenvalue weighted by molar-refractivity contribution is 5.52. The minimum atomic E-state index is -0.224. The van der Waals surface area contributed by atoms with Crippen LogP contribution in [0.5, 0.6) is 0 Å². The van der Waals surface area contributed by atoms with Gasteiger partial charge in [0.25, 0.3) is 0 Å². The summed E-state index contributed by atoms with van der Waals surface area (Å²) in [5.41, 5.74) is 9.61. The number of para-hydroxylation sites is 1. The Labute approximate surface area is 120 Å². The predicted octanol–water partition coefficient (Wildman–Crippen LogP) is 3.66. The first-order valence-electron chi connectivity index (χ1n) is 6.86. The zero-order chi connectivity index (χ0) is 14.5. The Balaban J connectivity index is 1.95. The lowest BCUT2D eigenvalue weighted by Crippen LogP contribution is -2.23. The molecule has 2 rings (SSSR count). The summed E-state index contributed by atoms with van der Waals surface area (Å²) in [6.45, 7) is 2.97. The van der Waals surface area contributed by atoms with E-state index in [0.29, 0.717) is 0 Å². The van der Waals surface area contributed by atoms with Crippen molar-refractivity contribution in [3.05, 3.63) is 65.5 Å². The Morgan fingerprint density at radius 2 is 1.75 bits per heavy atom. The molecule has 3 heteroatoms. The molecule has 0 bridgehead atoms. The molecule has 0 radical (unpaired) electrons. The van der Waals surface area contributed by atoms with Crippen LogP contribution in [0.4, 0.5) is 10.1 Å². The van der Waals surface area contributed by atoms with Crippen LogP contribution >= 0.6 is 0 Å². The van der Waals surface area contributed by atoms with E-state index < -0.39 is 0 Å². The van der Waals surface area contributed by atoms with Gasteiger partial charge in [0.1, 0.15) is 5.82 Å². The minimum Gasteiger partial charge on any atom is -0.374 e. The molecule has 1 unspecified atom stereocenters. The van der Waals surface area contributed by atoms with Crippen molar-refractivity contribution in [1.82, 2.24) is 0 Å². The number of aryl methyl sites for hydroxylation is 1. The summed E-state index contributed by atoms with van der Waals surface area (Å²) in [6, 6.07) is 14.7. The van der Waals surface area contributed by atoms with Crippen LogP contribution in [0.2, 0.25) is 0 Å². The van der Waals surface area contributed by atoms with E-state index >= 15 is 0 Å². The highest BCUT2D eigenvalue weighted by Gasteiger charge is 2.09. The van der Waals surface area contributed by atoms with Gasteiger partial charge in [-0.2, -0.15) is 0 Å². The summed E-state index contributed by atoms with van der Waals surface area (Å²) in [5, 5.41) is 0. The summed E-state index contributed by atoms with van der Waals surface area (Å²) in [5.74, 6) is -0.224. The Kier molecular flexibility index (Phi) is 4.74. The second-order valence-electron chi connectivity index (χ2n) is 5.15. The van der Waals surface area contributed by atoms with Crippen molar-refractivity contribution >= 4 is 5.69 Å². The Morgan fingerprint density at radius 1 is 1.10 bits per heavy atom. The van der Waals surface area contributed by atoms with Gasteiger partial charge in [-0.3, -0.25) is 0 Å². The normalized spacial score (nSPS) is 12.2. The van der Waals surface area contributed by atoms with E-state index in [2.05, 4.69) is 31.0 Å². The Bertz CT molecular complexity index is 551. The van der Waals surface area contributed by atoms with Crippen molar-refractivity contribution in [2.24, 2.45) is 5.73 Å². The molecule has 2 N–H and O–H groups in total. The van der Waals surface area contributed by atoms with Crippen molar-refractivity contribution in [2.45, 2.75) is 19.4 Å². The number of nitrogens with two attached hydrogens (primary N) is 1. The monoisotopic (exact) mass is 272 g/mol. The van der Waals surface area contributed by atoms with Gasteiger partial charge >= 0.3 is 0 Å². The molecule has 0 spiro atoms. The molecule has 0 heterocycles. The van der Waals surface area contributed by atoms with Crippen LogP contribution in [0.15, 0.2) is 48.5 Å². The molecule has 0 aliphatic carbocycles. The highest BCUT2D eigenvalue weighted by atomic mass is 19.1. The van der Waals surface area contributed by atoms with Crippen molar-refractivity contribution in [3.63, 3.8) is 0 Å². The first-order chi connectivity index (χ1) is 9.58. The summed E-state index contributed by atoms with van der Waals surface area (Å²) in [6.07, 6.45) is 0.830. The summed E-state index contributed by atoms with van der Waals surface area (Å²) >= 11 is 0. The third kappa shape index (κ3) is 3.58. The second kappa shape index (κ2) is 6.53. The van der Waals surface area contributed by atoms with Crippen LogP contribution in [0.1, 0.15) is 23.6 Å². The first-order valence-corrected chi connectivity index (χ1v) is 6.86. The van der Waals surface area contributed by atoms with E-state index in [1.807, 2.05) is 12.1 Å². The maximum atomic E-state index is 12.9. The molecule has 0 saturated carbocycles. The van der Waals surface area contributed by atoms with Gasteiger partial charge < -0.3 is 10.6 Å². The molecule has 2 aromatic carbocycles. The average Bonchev–Trinajstić information content (AvgIpc) is 2.45. The molecule has 2 aromatic rings. The first kappa shape index (κ1) is 14.5. The van der Waals surface area contributed by atoms with Crippen molar-refractivity contribution in [3.8, 4) is 0 Å². The molecule has 0 aliphatic rings. The largest absolute Gasteiger partial charge is 0.374 e. The molecule has 106 valence electrons. The molecule has 20 heavy (non-hydrogen) atoms. The highest BCUT2D eigenvalue weighted by Crippen LogP contribution is 2.20. The minimum absolute atomic E-state index is 0.0675. The van der Waals surface area contributed by atoms with Gasteiger partial charge in [0, 0.05) is 25.3 Å². The number of rotatable bonds is 5. The molecule has 0 fully saturated rings. The van der Waals surface area contributed by atoms with Crippen LogP contribution in [0, 0.1) is 12.7 Å². The van der Waals surface area contributed by atoms with E-state index in [0.717, 1.165) is 18.5 Å². The lowest BCUT2D eigenvalue weighted by atomic mass is 10.0. The van der Waals surface area contributed by atoms with Gasteiger partial charge in [0.2, 0.25) is 0 Å². The van der Waals surface area contributed by atoms with Gasteiger partial charge in [-0.05, 0) is 42.7 Å². The topological polar surface area (TPSA) is 29.3 Å². The summed E-state index contributed by atoms with van der Waals surface area (Å²) in [7, 11) is 2.07. The van der Waals surface area contributed by atoms with Gasteiger partial charge in [-0.25, -0.2) is 4.39 Å². The number of nitrogens with zero attached hydrogens (tertiary/aromatic N) is 1. The molecule has 0 saturated heterocycles. The Morgan fingerprint density at radius 3 is 2.40 bits per heavy atom. The van der Waals surface area contributed by atoms with Gasteiger partial charge in [0.05, 0.1) is 0 Å². The number of hydrogen-bond acceptors (Lipinski definition) is 2. The number of anilines is 1. The van der Waals surface area contributed by atoms with Gasteiger partial charge in [-0.15, -0.1) is 0 Å². The SMILES string of the molecule is Cc1ccccc1N(C)CCC(N)c1ccc(F)cc1. The maximum absolute atomic E-state index is 12.9. The average molecular weight is 272 g/mol. The maximum Gasteiger partial charge on any atom is 0.123 e. The zero-order valence-corrected chi connectivity index (χ0v) is 12.0. The summed E-state index contributed by atoms with van der Waals surface area (Å²) < 4.78 is 12.9. The van der Waals surface area contributed by atoms with E-state index in [4.69, 9.17) is 5.73 Å². The molecule has 0 aliphatic heterocycles. The molecule has 1 atom stereocenters. The lowest BCUT2D eigenvalue weighted by molar-refractivity contribution is 0.618. The standard InChI is InChI=1S/C17H21FN2/c1-13-5-3-4-6-17(13)20(2)12-11-16(19)14-7-9-15(18)10-8-14/h3-10,16H,11-12,19H2,1-2H3. The van der Waals surface area contributed by atoms with Gasteiger partial charge in [-0.1, -0.05) is 30.3 Å². The molecule has 0 aromatic heterocycles. The molecular weight excluding hydrogens is 251 g/mol.